The molecule has 1 unspecified atom stereocenters. The Morgan fingerprint density at radius 2 is 2.06 bits per heavy atom. The maximum absolute atomic E-state index is 13.5. The number of nitrogens with one attached hydrogen (secondary N) is 1. The fourth-order valence-electron chi connectivity index (χ4n) is 2.46. The summed E-state index contributed by atoms with van der Waals surface area (Å²) in [6.07, 6.45) is 1.62. The van der Waals surface area contributed by atoms with E-state index in [2.05, 4.69) is 4.98 Å². The third-order valence-electron chi connectivity index (χ3n) is 3.56. The van der Waals surface area contributed by atoms with Crippen LogP contribution in [0.2, 0.25) is 0 Å². The van der Waals surface area contributed by atoms with Crippen LogP contribution in [0.25, 0.3) is 10.9 Å². The van der Waals surface area contributed by atoms with Crippen LogP contribution in [0.15, 0.2) is 30.5 Å². The van der Waals surface area contributed by atoms with E-state index in [4.69, 9.17) is 5.73 Å². The highest BCUT2D eigenvalue weighted by Gasteiger charge is 2.71. The zero-order valence-corrected chi connectivity index (χ0v) is 8.63. The highest BCUT2D eigenvalue weighted by molar-refractivity contribution is 5.85. The second-order valence-electron chi connectivity index (χ2n) is 4.41. The number of hydrogen-bond acceptors (Lipinski definition) is 1. The number of H-pyrrole nitrogens is 1. The van der Waals surface area contributed by atoms with E-state index in [0.29, 0.717) is 5.56 Å². The van der Waals surface area contributed by atoms with E-state index >= 15 is 0 Å². The van der Waals surface area contributed by atoms with Crippen molar-refractivity contribution in [3.05, 3.63) is 36.0 Å². The summed E-state index contributed by atoms with van der Waals surface area (Å²) in [5.74, 6) is -2.66. The van der Waals surface area contributed by atoms with Crippen molar-refractivity contribution in [2.24, 2.45) is 5.73 Å². The molecule has 1 atom stereocenters. The van der Waals surface area contributed by atoms with Crippen LogP contribution in [0.1, 0.15) is 12.0 Å². The summed E-state index contributed by atoms with van der Waals surface area (Å²) in [6.45, 7) is -0.00963. The molecular weight excluding hydrogens is 210 g/mol. The van der Waals surface area contributed by atoms with Crippen LogP contribution >= 0.6 is 0 Å². The summed E-state index contributed by atoms with van der Waals surface area (Å²) in [4.78, 5) is 3.03. The summed E-state index contributed by atoms with van der Waals surface area (Å²) in [5, 5.41) is 0.852. The summed E-state index contributed by atoms with van der Waals surface area (Å²) in [5.41, 5.74) is 5.95. The van der Waals surface area contributed by atoms with Crippen LogP contribution in [-0.4, -0.2) is 17.5 Å². The Labute approximate surface area is 91.4 Å². The van der Waals surface area contributed by atoms with Crippen molar-refractivity contribution >= 4 is 10.9 Å². The fourth-order valence-corrected chi connectivity index (χ4v) is 2.46. The largest absolute Gasteiger partial charge is 0.361 e. The van der Waals surface area contributed by atoms with Gasteiger partial charge in [0.15, 0.2) is 0 Å². The lowest BCUT2D eigenvalue weighted by molar-refractivity contribution is 0.0899. The highest BCUT2D eigenvalue weighted by Crippen LogP contribution is 2.61. The normalized spacial score (nSPS) is 27.2. The number of nitrogens with two attached hydrogens (primary N) is 1. The number of alkyl halides is 2. The van der Waals surface area contributed by atoms with Gasteiger partial charge < -0.3 is 10.7 Å². The van der Waals surface area contributed by atoms with Crippen LogP contribution in [0.5, 0.6) is 0 Å². The zero-order valence-electron chi connectivity index (χ0n) is 8.63. The molecule has 1 aliphatic rings. The van der Waals surface area contributed by atoms with Gasteiger partial charge >= 0.3 is 0 Å². The molecule has 0 saturated heterocycles. The molecular formula is C12H12F2N2. The summed E-state index contributed by atoms with van der Waals surface area (Å²) in [6, 6.07) is 7.25. The Morgan fingerprint density at radius 1 is 1.31 bits per heavy atom. The first kappa shape index (κ1) is 9.78. The van der Waals surface area contributed by atoms with Crippen molar-refractivity contribution in [2.45, 2.75) is 17.8 Å². The molecule has 1 fully saturated rings. The molecule has 1 aromatic carbocycles. The predicted octanol–water partition coefficient (Wildman–Crippen LogP) is 2.40. The van der Waals surface area contributed by atoms with Gasteiger partial charge in [-0.3, -0.25) is 0 Å². The van der Waals surface area contributed by atoms with Crippen LogP contribution < -0.4 is 5.73 Å². The van der Waals surface area contributed by atoms with Gasteiger partial charge in [0.05, 0.1) is 5.41 Å². The summed E-state index contributed by atoms with van der Waals surface area (Å²) >= 11 is 0. The lowest BCUT2D eigenvalue weighted by Gasteiger charge is -2.15. The maximum atomic E-state index is 13.5. The van der Waals surface area contributed by atoms with E-state index in [1.807, 2.05) is 12.1 Å². The first-order valence-electron chi connectivity index (χ1n) is 5.25. The number of benzene rings is 1. The van der Waals surface area contributed by atoms with Gasteiger partial charge in [0.2, 0.25) is 0 Å². The Kier molecular flexibility index (Phi) is 1.73. The number of halogens is 2. The standard InChI is InChI=1S/C12H12F2N2/c13-12(14)6-11(12,7-15)9-2-1-3-10-8(9)4-5-16-10/h1-5,16H,6-7,15H2. The van der Waals surface area contributed by atoms with Crippen molar-refractivity contribution in [1.82, 2.24) is 4.98 Å². The summed E-state index contributed by atoms with van der Waals surface area (Å²) < 4.78 is 27.0. The Hall–Kier alpha value is -1.42. The van der Waals surface area contributed by atoms with Crippen molar-refractivity contribution in [2.75, 3.05) is 6.54 Å². The third kappa shape index (κ3) is 1.02. The van der Waals surface area contributed by atoms with E-state index in [1.165, 1.54) is 0 Å². The average Bonchev–Trinajstić information content (AvgIpc) is 2.65. The van der Waals surface area contributed by atoms with Crippen LogP contribution in [-0.2, 0) is 5.41 Å². The molecule has 0 amide bonds. The Morgan fingerprint density at radius 3 is 2.69 bits per heavy atom. The van der Waals surface area contributed by atoms with Gasteiger partial charge in [-0.1, -0.05) is 12.1 Å². The topological polar surface area (TPSA) is 41.8 Å². The van der Waals surface area contributed by atoms with E-state index < -0.39 is 11.3 Å². The minimum Gasteiger partial charge on any atom is -0.361 e. The molecule has 2 nitrogen and oxygen atoms in total. The molecule has 1 aromatic heterocycles. The molecule has 1 heterocycles. The molecule has 0 radical (unpaired) electrons. The van der Waals surface area contributed by atoms with Gasteiger partial charge in [-0.05, 0) is 17.7 Å². The van der Waals surface area contributed by atoms with Gasteiger partial charge in [-0.2, -0.15) is 0 Å². The van der Waals surface area contributed by atoms with Crippen molar-refractivity contribution in [3.8, 4) is 0 Å². The van der Waals surface area contributed by atoms with Gasteiger partial charge in [-0.25, -0.2) is 8.78 Å². The van der Waals surface area contributed by atoms with Gasteiger partial charge in [0.1, 0.15) is 0 Å². The molecule has 3 N–H and O–H groups in total. The van der Waals surface area contributed by atoms with Crippen LogP contribution in [0.3, 0.4) is 0 Å². The molecule has 84 valence electrons. The van der Waals surface area contributed by atoms with Gasteiger partial charge in [0.25, 0.3) is 5.92 Å². The van der Waals surface area contributed by atoms with E-state index in [1.54, 1.807) is 18.3 Å². The maximum Gasteiger partial charge on any atom is 0.260 e. The number of hydrogen-bond donors (Lipinski definition) is 2. The molecule has 1 aliphatic carbocycles. The van der Waals surface area contributed by atoms with Gasteiger partial charge in [0, 0.05) is 30.1 Å². The van der Waals surface area contributed by atoms with Crippen LogP contribution in [0.4, 0.5) is 8.78 Å². The minimum atomic E-state index is -2.66. The van der Waals surface area contributed by atoms with Crippen molar-refractivity contribution in [3.63, 3.8) is 0 Å². The Bertz CT molecular complexity index is 547. The smallest absolute Gasteiger partial charge is 0.260 e. The molecule has 0 aliphatic heterocycles. The highest BCUT2D eigenvalue weighted by atomic mass is 19.3. The molecule has 0 bridgehead atoms. The minimum absolute atomic E-state index is 0.00963. The SMILES string of the molecule is NCC1(c2cccc3[nH]ccc23)CC1(F)F. The molecule has 2 aromatic rings. The predicted molar refractivity (Wildman–Crippen MR) is 58.6 cm³/mol. The van der Waals surface area contributed by atoms with Gasteiger partial charge in [-0.15, -0.1) is 0 Å². The van der Waals surface area contributed by atoms with E-state index in [-0.39, 0.29) is 13.0 Å². The first-order valence-corrected chi connectivity index (χ1v) is 5.25. The molecule has 3 rings (SSSR count). The van der Waals surface area contributed by atoms with E-state index in [9.17, 15) is 8.78 Å². The second kappa shape index (κ2) is 2.83. The number of fused-ring (bicyclic) bond motifs is 1. The molecule has 4 heteroatoms. The third-order valence-corrected chi connectivity index (χ3v) is 3.56. The van der Waals surface area contributed by atoms with Crippen LogP contribution in [0, 0.1) is 0 Å². The quantitative estimate of drug-likeness (QED) is 0.805. The second-order valence-corrected chi connectivity index (χ2v) is 4.41. The summed E-state index contributed by atoms with van der Waals surface area (Å²) in [7, 11) is 0. The molecule has 0 spiro atoms. The van der Waals surface area contributed by atoms with E-state index in [0.717, 1.165) is 10.9 Å². The monoisotopic (exact) mass is 222 g/mol. The first-order chi connectivity index (χ1) is 7.61. The average molecular weight is 222 g/mol. The number of rotatable bonds is 2. The lowest BCUT2D eigenvalue weighted by atomic mass is 9.92. The van der Waals surface area contributed by atoms with Crippen molar-refractivity contribution < 1.29 is 8.78 Å². The molecule has 16 heavy (non-hydrogen) atoms. The Balaban J connectivity index is 2.23. The number of aromatic amines is 1. The van der Waals surface area contributed by atoms with Crippen molar-refractivity contribution in [1.29, 1.82) is 0 Å². The lowest BCUT2D eigenvalue weighted by Crippen LogP contribution is -2.26. The zero-order chi connectivity index (χ0) is 11.4. The number of aromatic nitrogens is 1. The fraction of sp³-hybridized carbons (Fsp3) is 0.333. The molecule has 1 saturated carbocycles.